The number of nitrogens with zero attached hydrogens (tertiary/aromatic N) is 2. The fourth-order valence-corrected chi connectivity index (χ4v) is 3.53. The first-order chi connectivity index (χ1) is 13.6. The Morgan fingerprint density at radius 2 is 2.00 bits per heavy atom. The van der Waals surface area contributed by atoms with E-state index in [1.165, 1.54) is 11.3 Å². The molecule has 0 bridgehead atoms. The van der Waals surface area contributed by atoms with Crippen LogP contribution >= 0.6 is 11.3 Å². The van der Waals surface area contributed by atoms with Crippen molar-refractivity contribution in [3.8, 4) is 27.8 Å². The number of esters is 1. The monoisotopic (exact) mass is 396 g/mol. The zero-order valence-electron chi connectivity index (χ0n) is 15.2. The summed E-state index contributed by atoms with van der Waals surface area (Å²) in [5.74, 6) is 1.36. The van der Waals surface area contributed by atoms with Gasteiger partial charge in [0.25, 0.3) is 0 Å². The summed E-state index contributed by atoms with van der Waals surface area (Å²) in [5.41, 5.74) is 2.03. The molecule has 0 spiro atoms. The van der Waals surface area contributed by atoms with Gasteiger partial charge in [0, 0.05) is 11.6 Å². The van der Waals surface area contributed by atoms with Crippen LogP contribution in [0.1, 0.15) is 21.1 Å². The number of ether oxygens (including phenoxy) is 2. The lowest BCUT2D eigenvalue weighted by atomic mass is 10.2. The van der Waals surface area contributed by atoms with E-state index >= 15 is 0 Å². The van der Waals surface area contributed by atoms with E-state index in [0.29, 0.717) is 27.8 Å². The van der Waals surface area contributed by atoms with Gasteiger partial charge in [0.05, 0.1) is 19.1 Å². The normalized spacial score (nSPS) is 10.8. The van der Waals surface area contributed by atoms with Crippen LogP contribution < -0.4 is 4.74 Å². The molecule has 0 N–H and O–H groups in total. The van der Waals surface area contributed by atoms with Gasteiger partial charge in [0.1, 0.15) is 27.9 Å². The zero-order valence-corrected chi connectivity index (χ0v) is 16.0. The van der Waals surface area contributed by atoms with Gasteiger partial charge in [-0.3, -0.25) is 0 Å². The average molecular weight is 396 g/mol. The third-order valence-electron chi connectivity index (χ3n) is 3.99. The van der Waals surface area contributed by atoms with Gasteiger partial charge in [-0.2, -0.15) is 0 Å². The van der Waals surface area contributed by atoms with Gasteiger partial charge in [-0.05, 0) is 43.3 Å². The SMILES string of the molecule is COc1ccc(-c2nc(C)c(C(=O)OCc3cc(-c4ccco4)on3)s2)cc1. The summed E-state index contributed by atoms with van der Waals surface area (Å²) in [4.78, 5) is 17.4. The average Bonchev–Trinajstić information content (AvgIpc) is 3.46. The number of hydrogen-bond acceptors (Lipinski definition) is 8. The molecule has 0 amide bonds. The van der Waals surface area contributed by atoms with E-state index in [0.717, 1.165) is 16.3 Å². The Balaban J connectivity index is 1.44. The summed E-state index contributed by atoms with van der Waals surface area (Å²) in [5, 5.41) is 4.64. The Labute approximate surface area is 164 Å². The summed E-state index contributed by atoms with van der Waals surface area (Å²) in [6.45, 7) is 1.78. The molecule has 0 aliphatic heterocycles. The Hall–Kier alpha value is -3.39. The van der Waals surface area contributed by atoms with E-state index < -0.39 is 5.97 Å². The standard InChI is InChI=1S/C20H16N2O5S/c1-12-18(28-19(21-12)13-5-7-15(24-2)8-6-13)20(23)26-11-14-10-17(27-22-14)16-4-3-9-25-16/h3-10H,11H2,1-2H3. The molecule has 0 saturated heterocycles. The van der Waals surface area contributed by atoms with Crippen LogP contribution in [-0.4, -0.2) is 23.2 Å². The van der Waals surface area contributed by atoms with Crippen LogP contribution in [0, 0.1) is 6.92 Å². The van der Waals surface area contributed by atoms with Crippen molar-refractivity contribution in [3.05, 3.63) is 65.0 Å². The van der Waals surface area contributed by atoms with Crippen LogP contribution in [0.25, 0.3) is 22.1 Å². The molecule has 0 aliphatic carbocycles. The molecule has 0 aliphatic rings. The first-order valence-electron chi connectivity index (χ1n) is 8.42. The molecule has 7 nitrogen and oxygen atoms in total. The minimum absolute atomic E-state index is 0.00174. The predicted octanol–water partition coefficient (Wildman–Crippen LogP) is 4.73. The molecule has 142 valence electrons. The number of carbonyl (C=O) groups excluding carboxylic acids is 1. The molecular formula is C20H16N2O5S. The second-order valence-electron chi connectivity index (χ2n) is 5.90. The van der Waals surface area contributed by atoms with Gasteiger partial charge in [-0.15, -0.1) is 11.3 Å². The highest BCUT2D eigenvalue weighted by Crippen LogP contribution is 2.30. The van der Waals surface area contributed by atoms with Crippen molar-refractivity contribution >= 4 is 17.3 Å². The first-order valence-corrected chi connectivity index (χ1v) is 9.24. The smallest absolute Gasteiger partial charge is 0.350 e. The summed E-state index contributed by atoms with van der Waals surface area (Å²) in [6, 6.07) is 12.7. The van der Waals surface area contributed by atoms with Crippen molar-refractivity contribution in [2.75, 3.05) is 7.11 Å². The highest BCUT2D eigenvalue weighted by Gasteiger charge is 2.19. The minimum atomic E-state index is -0.447. The highest BCUT2D eigenvalue weighted by molar-refractivity contribution is 7.17. The van der Waals surface area contributed by atoms with Crippen LogP contribution in [0.4, 0.5) is 0 Å². The highest BCUT2D eigenvalue weighted by atomic mass is 32.1. The molecule has 4 rings (SSSR count). The van der Waals surface area contributed by atoms with Crippen LogP contribution in [0.15, 0.2) is 57.7 Å². The van der Waals surface area contributed by atoms with Crippen LogP contribution in [0.2, 0.25) is 0 Å². The number of thiazole rings is 1. The number of hydrogen-bond donors (Lipinski definition) is 0. The molecule has 0 radical (unpaired) electrons. The van der Waals surface area contributed by atoms with E-state index in [9.17, 15) is 4.79 Å². The second kappa shape index (κ2) is 7.69. The van der Waals surface area contributed by atoms with E-state index in [-0.39, 0.29) is 6.61 Å². The van der Waals surface area contributed by atoms with Gasteiger partial charge in [0.15, 0.2) is 5.76 Å². The predicted molar refractivity (Wildman–Crippen MR) is 102 cm³/mol. The number of carbonyl (C=O) groups is 1. The maximum absolute atomic E-state index is 12.5. The maximum atomic E-state index is 12.5. The lowest BCUT2D eigenvalue weighted by molar-refractivity contribution is 0.0469. The van der Waals surface area contributed by atoms with Crippen LogP contribution in [0.3, 0.4) is 0 Å². The Kier molecular flexibility index (Phi) is 4.94. The molecule has 0 saturated carbocycles. The van der Waals surface area contributed by atoms with Crippen molar-refractivity contribution in [2.45, 2.75) is 13.5 Å². The van der Waals surface area contributed by atoms with Crippen LogP contribution in [-0.2, 0) is 11.3 Å². The van der Waals surface area contributed by atoms with Crippen molar-refractivity contribution in [3.63, 3.8) is 0 Å². The third-order valence-corrected chi connectivity index (χ3v) is 5.18. The fraction of sp³-hybridized carbons (Fsp3) is 0.150. The largest absolute Gasteiger partial charge is 0.497 e. The Bertz CT molecular complexity index is 1080. The van der Waals surface area contributed by atoms with Gasteiger partial charge in [-0.1, -0.05) is 5.16 Å². The van der Waals surface area contributed by atoms with E-state index in [4.69, 9.17) is 18.4 Å². The summed E-state index contributed by atoms with van der Waals surface area (Å²) >= 11 is 1.29. The molecule has 8 heteroatoms. The van der Waals surface area contributed by atoms with Gasteiger partial charge >= 0.3 is 5.97 Å². The Morgan fingerprint density at radius 1 is 1.18 bits per heavy atom. The summed E-state index contributed by atoms with van der Waals surface area (Å²) in [7, 11) is 1.61. The van der Waals surface area contributed by atoms with E-state index in [1.807, 2.05) is 24.3 Å². The number of rotatable bonds is 6. The molecule has 3 heterocycles. The van der Waals surface area contributed by atoms with Gasteiger partial charge < -0.3 is 18.4 Å². The number of aryl methyl sites for hydroxylation is 1. The van der Waals surface area contributed by atoms with E-state index in [1.54, 1.807) is 38.5 Å². The number of methoxy groups -OCH3 is 1. The minimum Gasteiger partial charge on any atom is -0.497 e. The lowest BCUT2D eigenvalue weighted by Gasteiger charge is -2.00. The topological polar surface area (TPSA) is 87.6 Å². The lowest BCUT2D eigenvalue weighted by Crippen LogP contribution is -2.05. The Morgan fingerprint density at radius 3 is 2.71 bits per heavy atom. The maximum Gasteiger partial charge on any atom is 0.350 e. The van der Waals surface area contributed by atoms with Crippen molar-refractivity contribution < 1.29 is 23.2 Å². The summed E-state index contributed by atoms with van der Waals surface area (Å²) < 4.78 is 21.0. The molecule has 0 atom stereocenters. The zero-order chi connectivity index (χ0) is 19.5. The molecule has 0 fully saturated rings. The van der Waals surface area contributed by atoms with Crippen molar-refractivity contribution in [1.82, 2.24) is 10.1 Å². The van der Waals surface area contributed by atoms with Crippen LogP contribution in [0.5, 0.6) is 5.75 Å². The van der Waals surface area contributed by atoms with Gasteiger partial charge in [-0.25, -0.2) is 9.78 Å². The number of furan rings is 1. The number of benzene rings is 1. The second-order valence-corrected chi connectivity index (χ2v) is 6.90. The van der Waals surface area contributed by atoms with Gasteiger partial charge in [0.2, 0.25) is 5.76 Å². The van der Waals surface area contributed by atoms with Crippen molar-refractivity contribution in [2.24, 2.45) is 0 Å². The molecule has 4 aromatic rings. The molecular weight excluding hydrogens is 380 g/mol. The fourth-order valence-electron chi connectivity index (χ4n) is 2.56. The van der Waals surface area contributed by atoms with Crippen molar-refractivity contribution in [1.29, 1.82) is 0 Å². The first kappa shape index (κ1) is 18.0. The quantitative estimate of drug-likeness (QED) is 0.435. The van der Waals surface area contributed by atoms with E-state index in [2.05, 4.69) is 10.1 Å². The summed E-state index contributed by atoms with van der Waals surface area (Å²) in [6.07, 6.45) is 1.55. The molecule has 28 heavy (non-hydrogen) atoms. The number of aromatic nitrogens is 2. The molecule has 1 aromatic carbocycles. The molecule has 3 aromatic heterocycles. The third kappa shape index (κ3) is 3.67. The molecule has 0 unspecified atom stereocenters.